The Morgan fingerprint density at radius 3 is 2.83 bits per heavy atom. The molecule has 2 aliphatic rings. The van der Waals surface area contributed by atoms with E-state index in [-0.39, 0.29) is 12.0 Å². The van der Waals surface area contributed by atoms with Gasteiger partial charge in [-0.25, -0.2) is 0 Å². The number of benzene rings is 1. The van der Waals surface area contributed by atoms with Crippen molar-refractivity contribution in [2.24, 2.45) is 5.92 Å². The van der Waals surface area contributed by atoms with Gasteiger partial charge in [0.1, 0.15) is 5.75 Å². The zero-order valence-electron chi connectivity index (χ0n) is 10.7. The summed E-state index contributed by atoms with van der Waals surface area (Å²) in [5.74, 6) is 1.07. The fourth-order valence-corrected chi connectivity index (χ4v) is 2.56. The number of rotatable bonds is 4. The first kappa shape index (κ1) is 12.0. The summed E-state index contributed by atoms with van der Waals surface area (Å²) in [6, 6.07) is 7.85. The summed E-state index contributed by atoms with van der Waals surface area (Å²) in [4.78, 5) is 0. The first-order valence-electron chi connectivity index (χ1n) is 6.80. The van der Waals surface area contributed by atoms with Crippen LogP contribution in [0.2, 0.25) is 0 Å². The highest BCUT2D eigenvalue weighted by Crippen LogP contribution is 2.35. The van der Waals surface area contributed by atoms with Crippen LogP contribution in [0.4, 0.5) is 0 Å². The van der Waals surface area contributed by atoms with Gasteiger partial charge in [-0.1, -0.05) is 12.1 Å². The third-order valence-electron chi connectivity index (χ3n) is 3.87. The third kappa shape index (κ3) is 2.52. The van der Waals surface area contributed by atoms with Gasteiger partial charge in [-0.05, 0) is 43.9 Å². The molecule has 1 saturated heterocycles. The quantitative estimate of drug-likeness (QED) is 0.890. The van der Waals surface area contributed by atoms with Crippen LogP contribution in [0.5, 0.6) is 5.75 Å². The van der Waals surface area contributed by atoms with Crippen molar-refractivity contribution in [2.75, 3.05) is 6.61 Å². The van der Waals surface area contributed by atoms with Gasteiger partial charge >= 0.3 is 0 Å². The van der Waals surface area contributed by atoms with Gasteiger partial charge in [0.15, 0.2) is 0 Å². The molecular formula is C15H20O3. The maximum Gasteiger partial charge on any atom is 0.120 e. The van der Waals surface area contributed by atoms with Crippen molar-refractivity contribution in [3.8, 4) is 5.75 Å². The van der Waals surface area contributed by atoms with Crippen LogP contribution in [-0.2, 0) is 4.74 Å². The minimum Gasteiger partial charge on any atom is -0.490 e. The molecule has 2 fully saturated rings. The van der Waals surface area contributed by atoms with Crippen molar-refractivity contribution < 1.29 is 14.6 Å². The molecule has 98 valence electrons. The molecule has 1 N–H and O–H groups in total. The van der Waals surface area contributed by atoms with E-state index in [1.165, 1.54) is 0 Å². The van der Waals surface area contributed by atoms with Gasteiger partial charge in [0.2, 0.25) is 0 Å². The zero-order chi connectivity index (χ0) is 12.5. The predicted octanol–water partition coefficient (Wildman–Crippen LogP) is 2.69. The summed E-state index contributed by atoms with van der Waals surface area (Å²) in [5, 5.41) is 10.4. The molecule has 1 aromatic carbocycles. The van der Waals surface area contributed by atoms with Gasteiger partial charge in [0.25, 0.3) is 0 Å². The highest BCUT2D eigenvalue weighted by atomic mass is 16.5. The molecule has 1 aliphatic heterocycles. The number of aliphatic hydroxyl groups is 1. The molecule has 3 heteroatoms. The maximum absolute atomic E-state index is 10.4. The lowest BCUT2D eigenvalue weighted by molar-refractivity contribution is 0.0430. The van der Waals surface area contributed by atoms with E-state index >= 15 is 0 Å². The van der Waals surface area contributed by atoms with Crippen molar-refractivity contribution in [3.63, 3.8) is 0 Å². The molecule has 0 spiro atoms. The lowest BCUT2D eigenvalue weighted by Crippen LogP contribution is -2.19. The largest absolute Gasteiger partial charge is 0.490 e. The second-order valence-electron chi connectivity index (χ2n) is 5.36. The Labute approximate surface area is 108 Å². The Hall–Kier alpha value is -1.06. The smallest absolute Gasteiger partial charge is 0.120 e. The summed E-state index contributed by atoms with van der Waals surface area (Å²) < 4.78 is 11.3. The van der Waals surface area contributed by atoms with Crippen LogP contribution in [-0.4, -0.2) is 23.9 Å². The molecule has 1 heterocycles. The van der Waals surface area contributed by atoms with Crippen molar-refractivity contribution >= 4 is 0 Å². The van der Waals surface area contributed by atoms with E-state index in [1.54, 1.807) is 0 Å². The molecule has 3 unspecified atom stereocenters. The summed E-state index contributed by atoms with van der Waals surface area (Å²) in [5.41, 5.74) is 0.940. The van der Waals surface area contributed by atoms with Crippen LogP contribution in [0.1, 0.15) is 37.9 Å². The molecule has 1 aliphatic carbocycles. The number of hydrogen-bond donors (Lipinski definition) is 1. The molecule has 3 nitrogen and oxygen atoms in total. The highest BCUT2D eigenvalue weighted by Gasteiger charge is 2.32. The van der Waals surface area contributed by atoms with Crippen molar-refractivity contribution in [3.05, 3.63) is 29.8 Å². The summed E-state index contributed by atoms with van der Waals surface area (Å²) in [7, 11) is 0. The molecule has 3 rings (SSSR count). The monoisotopic (exact) mass is 248 g/mol. The standard InChI is InChI=1S/C15H20O3/c1-10-14(7-8-17-10)15(16)11-3-2-4-13(9-11)18-12-5-6-12/h2-4,9-10,12,14-16H,5-8H2,1H3. The summed E-state index contributed by atoms with van der Waals surface area (Å²) in [6.07, 6.45) is 3.31. The van der Waals surface area contributed by atoms with Crippen LogP contribution < -0.4 is 4.74 Å². The van der Waals surface area contributed by atoms with E-state index in [0.29, 0.717) is 6.10 Å². The fourth-order valence-electron chi connectivity index (χ4n) is 2.56. The van der Waals surface area contributed by atoms with E-state index in [2.05, 4.69) is 0 Å². The van der Waals surface area contributed by atoms with E-state index in [0.717, 1.165) is 37.2 Å². The Bertz CT molecular complexity index is 414. The van der Waals surface area contributed by atoms with E-state index in [4.69, 9.17) is 9.47 Å². The van der Waals surface area contributed by atoms with Gasteiger partial charge in [-0.15, -0.1) is 0 Å². The molecule has 0 radical (unpaired) electrons. The van der Waals surface area contributed by atoms with Crippen LogP contribution in [0.25, 0.3) is 0 Å². The second kappa shape index (κ2) is 4.90. The highest BCUT2D eigenvalue weighted by molar-refractivity contribution is 5.31. The van der Waals surface area contributed by atoms with Crippen LogP contribution in [0, 0.1) is 5.92 Å². The van der Waals surface area contributed by atoms with Crippen LogP contribution >= 0.6 is 0 Å². The lowest BCUT2D eigenvalue weighted by atomic mass is 9.91. The first-order valence-corrected chi connectivity index (χ1v) is 6.80. The number of ether oxygens (including phenoxy) is 2. The molecule has 1 saturated carbocycles. The third-order valence-corrected chi connectivity index (χ3v) is 3.87. The molecule has 0 aromatic heterocycles. The number of aliphatic hydroxyl groups excluding tert-OH is 1. The Balaban J connectivity index is 1.73. The second-order valence-corrected chi connectivity index (χ2v) is 5.36. The van der Waals surface area contributed by atoms with Gasteiger partial charge in [-0.2, -0.15) is 0 Å². The minimum atomic E-state index is -0.453. The van der Waals surface area contributed by atoms with Gasteiger partial charge in [-0.3, -0.25) is 0 Å². The average Bonchev–Trinajstić information content (AvgIpc) is 3.08. The fraction of sp³-hybridized carbons (Fsp3) is 0.600. The van der Waals surface area contributed by atoms with Gasteiger partial charge in [0.05, 0.1) is 18.3 Å². The normalized spacial score (nSPS) is 29.2. The van der Waals surface area contributed by atoms with Gasteiger partial charge < -0.3 is 14.6 Å². The molecule has 18 heavy (non-hydrogen) atoms. The predicted molar refractivity (Wildman–Crippen MR) is 68.6 cm³/mol. The minimum absolute atomic E-state index is 0.132. The average molecular weight is 248 g/mol. The van der Waals surface area contributed by atoms with Crippen molar-refractivity contribution in [1.82, 2.24) is 0 Å². The van der Waals surface area contributed by atoms with E-state index in [9.17, 15) is 5.11 Å². The molecular weight excluding hydrogens is 228 g/mol. The van der Waals surface area contributed by atoms with E-state index < -0.39 is 6.10 Å². The lowest BCUT2D eigenvalue weighted by Gasteiger charge is -2.21. The maximum atomic E-state index is 10.4. The zero-order valence-corrected chi connectivity index (χ0v) is 10.7. The van der Waals surface area contributed by atoms with Gasteiger partial charge in [0, 0.05) is 12.5 Å². The van der Waals surface area contributed by atoms with Crippen molar-refractivity contribution in [2.45, 2.75) is 44.5 Å². The summed E-state index contributed by atoms with van der Waals surface area (Å²) >= 11 is 0. The molecule has 1 aromatic rings. The Kier molecular flexibility index (Phi) is 3.27. The Morgan fingerprint density at radius 2 is 2.17 bits per heavy atom. The van der Waals surface area contributed by atoms with Crippen LogP contribution in [0.3, 0.4) is 0 Å². The molecule has 0 bridgehead atoms. The van der Waals surface area contributed by atoms with Crippen LogP contribution in [0.15, 0.2) is 24.3 Å². The summed E-state index contributed by atoms with van der Waals surface area (Å²) in [6.45, 7) is 2.78. The SMILES string of the molecule is CC1OCCC1C(O)c1cccc(OC2CC2)c1. The van der Waals surface area contributed by atoms with Crippen molar-refractivity contribution in [1.29, 1.82) is 0 Å². The molecule has 0 amide bonds. The molecule has 3 atom stereocenters. The first-order chi connectivity index (χ1) is 8.74. The topological polar surface area (TPSA) is 38.7 Å². The Morgan fingerprint density at radius 1 is 1.33 bits per heavy atom. The number of hydrogen-bond acceptors (Lipinski definition) is 3. The van der Waals surface area contributed by atoms with E-state index in [1.807, 2.05) is 31.2 Å².